The van der Waals surface area contributed by atoms with Gasteiger partial charge in [0.15, 0.2) is 0 Å². The number of hydrogen-bond acceptors (Lipinski definition) is 1. The van der Waals surface area contributed by atoms with Crippen LogP contribution in [0, 0.1) is 0 Å². The maximum Gasteiger partial charge on any atom is 0.226 e. The molecule has 0 saturated carbocycles. The minimum Gasteiger partial charge on any atom is -0.281 e. The molecule has 0 radical (unpaired) electrons. The van der Waals surface area contributed by atoms with Crippen molar-refractivity contribution in [1.82, 2.24) is 0 Å². The van der Waals surface area contributed by atoms with E-state index in [1.54, 1.807) is 0 Å². The van der Waals surface area contributed by atoms with Gasteiger partial charge in [-0.2, -0.15) is 0 Å². The summed E-state index contributed by atoms with van der Waals surface area (Å²) in [6, 6.07) is 8.20. The molecule has 1 aliphatic rings. The topological polar surface area (TPSA) is 17.1 Å². The van der Waals surface area contributed by atoms with Gasteiger partial charge in [-0.1, -0.05) is 30.3 Å². The highest BCUT2D eigenvalue weighted by Gasteiger charge is 2.13. The highest BCUT2D eigenvalue weighted by Crippen LogP contribution is 2.28. The van der Waals surface area contributed by atoms with Gasteiger partial charge in [0.2, 0.25) is 5.24 Å². The van der Waals surface area contributed by atoms with Gasteiger partial charge in [-0.15, -0.1) is 0 Å². The molecule has 0 spiro atoms. The van der Waals surface area contributed by atoms with Crippen molar-refractivity contribution < 1.29 is 4.79 Å². The second kappa shape index (κ2) is 3.97. The molecule has 0 amide bonds. The molecule has 0 atom stereocenters. The lowest BCUT2D eigenvalue weighted by Crippen LogP contribution is -2.01. The van der Waals surface area contributed by atoms with Crippen molar-refractivity contribution in [3.05, 3.63) is 41.5 Å². The zero-order chi connectivity index (χ0) is 9.97. The van der Waals surface area contributed by atoms with Gasteiger partial charge in [-0.25, -0.2) is 0 Å². The molecule has 1 aromatic rings. The molecule has 2 heteroatoms. The maximum absolute atomic E-state index is 10.8. The Hall–Kier alpha value is -1.08. The van der Waals surface area contributed by atoms with E-state index in [9.17, 15) is 4.79 Å². The molecule has 1 aromatic carbocycles. The molecule has 14 heavy (non-hydrogen) atoms. The first-order valence-corrected chi connectivity index (χ1v) is 5.11. The summed E-state index contributed by atoms with van der Waals surface area (Å²) in [6.07, 6.45) is 4.54. The van der Waals surface area contributed by atoms with Crippen LogP contribution in [0.15, 0.2) is 30.3 Å². The van der Waals surface area contributed by atoms with Crippen LogP contribution in [0.4, 0.5) is 0 Å². The quantitative estimate of drug-likeness (QED) is 0.680. The van der Waals surface area contributed by atoms with Crippen LogP contribution in [0.25, 0.3) is 5.57 Å². The van der Waals surface area contributed by atoms with E-state index in [0.717, 1.165) is 18.4 Å². The molecule has 0 N–H and O–H groups in total. The molecular weight excluding hydrogens is 196 g/mol. The van der Waals surface area contributed by atoms with Gasteiger partial charge in [0, 0.05) is 6.42 Å². The van der Waals surface area contributed by atoms with Gasteiger partial charge in [-0.05, 0) is 41.1 Å². The third-order valence-electron chi connectivity index (χ3n) is 2.50. The molecule has 2 rings (SSSR count). The first kappa shape index (κ1) is 9.47. The number of rotatable bonds is 2. The molecular formula is C12H11ClO. The van der Waals surface area contributed by atoms with E-state index < -0.39 is 0 Å². The average molecular weight is 207 g/mol. The number of carbonyl (C=O) groups excluding carboxylic acids is 1. The summed E-state index contributed by atoms with van der Waals surface area (Å²) in [4.78, 5) is 10.8. The summed E-state index contributed by atoms with van der Waals surface area (Å²) in [5, 5.41) is -0.284. The second-order valence-electron chi connectivity index (χ2n) is 3.46. The number of carbonyl (C=O) groups is 1. The predicted octanol–water partition coefficient (Wildman–Crippen LogP) is 3.17. The smallest absolute Gasteiger partial charge is 0.226 e. The number of fused-ring (bicyclic) bond motifs is 1. The highest BCUT2D eigenvalue weighted by molar-refractivity contribution is 6.64. The van der Waals surface area contributed by atoms with Gasteiger partial charge in [-0.3, -0.25) is 4.79 Å². The van der Waals surface area contributed by atoms with E-state index in [2.05, 4.69) is 18.2 Å². The molecule has 0 heterocycles. The Bertz CT molecular complexity index is 393. The van der Waals surface area contributed by atoms with Gasteiger partial charge < -0.3 is 0 Å². The lowest BCUT2D eigenvalue weighted by Gasteiger charge is -2.16. The number of aryl methyl sites for hydroxylation is 1. The molecule has 72 valence electrons. The van der Waals surface area contributed by atoms with Crippen molar-refractivity contribution >= 4 is 22.4 Å². The summed E-state index contributed by atoms with van der Waals surface area (Å²) in [7, 11) is 0. The first-order chi connectivity index (χ1) is 6.77. The average Bonchev–Trinajstić information content (AvgIpc) is 2.18. The van der Waals surface area contributed by atoms with Crippen molar-refractivity contribution in [1.29, 1.82) is 0 Å². The summed E-state index contributed by atoms with van der Waals surface area (Å²) in [6.45, 7) is 0. The van der Waals surface area contributed by atoms with Crippen LogP contribution in [0.1, 0.15) is 24.0 Å². The summed E-state index contributed by atoms with van der Waals surface area (Å²) >= 11 is 5.40. The highest BCUT2D eigenvalue weighted by atomic mass is 35.5. The Labute approximate surface area is 88.4 Å². The van der Waals surface area contributed by atoms with Crippen LogP contribution in [0.2, 0.25) is 0 Å². The number of halogens is 1. The third kappa shape index (κ3) is 1.88. The first-order valence-electron chi connectivity index (χ1n) is 4.73. The van der Waals surface area contributed by atoms with Crippen molar-refractivity contribution in [2.45, 2.75) is 19.3 Å². The van der Waals surface area contributed by atoms with E-state index in [0.29, 0.717) is 6.42 Å². The SMILES string of the molecule is O=C(Cl)CC1=CCCc2ccccc21. The molecule has 0 aliphatic heterocycles. The Morgan fingerprint density at radius 2 is 2.14 bits per heavy atom. The molecule has 0 unspecified atom stereocenters. The largest absolute Gasteiger partial charge is 0.281 e. The van der Waals surface area contributed by atoms with Crippen LogP contribution in [-0.2, 0) is 11.2 Å². The van der Waals surface area contributed by atoms with Crippen molar-refractivity contribution in [3.63, 3.8) is 0 Å². The van der Waals surface area contributed by atoms with Crippen molar-refractivity contribution in [3.8, 4) is 0 Å². The van der Waals surface area contributed by atoms with Gasteiger partial charge in [0.25, 0.3) is 0 Å². The van der Waals surface area contributed by atoms with E-state index in [-0.39, 0.29) is 5.24 Å². The standard InChI is InChI=1S/C12H11ClO/c13-12(14)8-10-6-3-5-9-4-1-2-7-11(9)10/h1-2,4,6-7H,3,5,8H2. The zero-order valence-corrected chi connectivity index (χ0v) is 8.55. The molecule has 0 bridgehead atoms. The zero-order valence-electron chi connectivity index (χ0n) is 7.79. The van der Waals surface area contributed by atoms with E-state index in [4.69, 9.17) is 11.6 Å². The normalized spacial score (nSPS) is 14.5. The second-order valence-corrected chi connectivity index (χ2v) is 3.88. The van der Waals surface area contributed by atoms with Crippen molar-refractivity contribution in [2.75, 3.05) is 0 Å². The summed E-state index contributed by atoms with van der Waals surface area (Å²) in [5.74, 6) is 0. The Morgan fingerprint density at radius 1 is 1.36 bits per heavy atom. The Balaban J connectivity index is 2.35. The summed E-state index contributed by atoms with van der Waals surface area (Å²) < 4.78 is 0. The molecule has 0 aromatic heterocycles. The number of allylic oxidation sites excluding steroid dienone is 2. The van der Waals surface area contributed by atoms with Crippen LogP contribution in [0.5, 0.6) is 0 Å². The van der Waals surface area contributed by atoms with Crippen LogP contribution in [-0.4, -0.2) is 5.24 Å². The molecule has 0 saturated heterocycles. The molecule has 1 nitrogen and oxygen atoms in total. The van der Waals surface area contributed by atoms with Crippen molar-refractivity contribution in [2.24, 2.45) is 0 Å². The van der Waals surface area contributed by atoms with Gasteiger partial charge in [0.1, 0.15) is 0 Å². The maximum atomic E-state index is 10.8. The number of benzene rings is 1. The number of hydrogen-bond donors (Lipinski definition) is 0. The van der Waals surface area contributed by atoms with Crippen LogP contribution < -0.4 is 0 Å². The minimum absolute atomic E-state index is 0.284. The lowest BCUT2D eigenvalue weighted by molar-refractivity contribution is -0.110. The fourth-order valence-corrected chi connectivity index (χ4v) is 2.02. The van der Waals surface area contributed by atoms with Gasteiger partial charge in [0.05, 0.1) is 0 Å². The predicted molar refractivity (Wildman–Crippen MR) is 58.2 cm³/mol. The van der Waals surface area contributed by atoms with Crippen LogP contribution >= 0.6 is 11.6 Å². The lowest BCUT2D eigenvalue weighted by atomic mass is 9.89. The van der Waals surface area contributed by atoms with E-state index in [1.165, 1.54) is 11.1 Å². The fraction of sp³-hybridized carbons (Fsp3) is 0.250. The summed E-state index contributed by atoms with van der Waals surface area (Å²) in [5.41, 5.74) is 3.59. The monoisotopic (exact) mass is 206 g/mol. The van der Waals surface area contributed by atoms with E-state index >= 15 is 0 Å². The Morgan fingerprint density at radius 3 is 2.93 bits per heavy atom. The third-order valence-corrected chi connectivity index (χ3v) is 2.63. The van der Waals surface area contributed by atoms with Gasteiger partial charge >= 0.3 is 0 Å². The minimum atomic E-state index is -0.284. The molecule has 0 fully saturated rings. The molecule has 1 aliphatic carbocycles. The Kier molecular flexibility index (Phi) is 2.69. The van der Waals surface area contributed by atoms with Crippen LogP contribution in [0.3, 0.4) is 0 Å². The fourth-order valence-electron chi connectivity index (χ4n) is 1.88. The van der Waals surface area contributed by atoms with E-state index in [1.807, 2.05) is 12.1 Å².